The summed E-state index contributed by atoms with van der Waals surface area (Å²) in [7, 11) is 0. The number of hydrogen-bond acceptors (Lipinski definition) is 3. The van der Waals surface area contributed by atoms with E-state index in [2.05, 4.69) is 20.9 Å². The number of nitrogens with two attached hydrogens (primary N) is 1. The highest BCUT2D eigenvalue weighted by Gasteiger charge is 2.16. The molecule has 0 unspecified atom stereocenters. The Labute approximate surface area is 81.7 Å². The maximum atomic E-state index is 12.3. The second-order valence-corrected chi connectivity index (χ2v) is 3.16. The molecule has 72 valence electrons. The van der Waals surface area contributed by atoms with Gasteiger partial charge in [0, 0.05) is 0 Å². The van der Waals surface area contributed by atoms with E-state index in [0.717, 1.165) is 0 Å². The van der Waals surface area contributed by atoms with E-state index in [1.807, 2.05) is 0 Å². The number of nitrogen functional groups attached to an aromatic ring is 1. The molecule has 0 aliphatic heterocycles. The molecular formula is C7H7BrF2N2O. The fraction of sp³-hybridized carbons (Fsp3) is 0.286. The third-order valence-electron chi connectivity index (χ3n) is 1.46. The molecule has 1 heterocycles. The molecule has 6 heteroatoms. The topological polar surface area (TPSA) is 59.1 Å². The number of aromatic nitrogens is 1. The third-order valence-corrected chi connectivity index (χ3v) is 2.37. The average molecular weight is 253 g/mol. The summed E-state index contributed by atoms with van der Waals surface area (Å²) in [5.41, 5.74) is 5.13. The van der Waals surface area contributed by atoms with Crippen LogP contribution in [0.1, 0.15) is 17.7 Å². The normalized spacial score (nSPS) is 10.8. The van der Waals surface area contributed by atoms with Gasteiger partial charge < -0.3 is 10.8 Å². The Kier molecular flexibility index (Phi) is 3.16. The molecule has 0 aliphatic rings. The van der Waals surface area contributed by atoms with Crippen molar-refractivity contribution in [2.24, 2.45) is 0 Å². The first kappa shape index (κ1) is 10.3. The number of halogens is 3. The Morgan fingerprint density at radius 3 is 2.69 bits per heavy atom. The number of rotatable bonds is 2. The highest BCUT2D eigenvalue weighted by molar-refractivity contribution is 9.10. The lowest BCUT2D eigenvalue weighted by molar-refractivity contribution is 0.145. The van der Waals surface area contributed by atoms with Crippen molar-refractivity contribution in [2.75, 3.05) is 5.73 Å². The van der Waals surface area contributed by atoms with E-state index in [-0.39, 0.29) is 16.9 Å². The minimum Gasteiger partial charge on any atom is -0.392 e. The predicted molar refractivity (Wildman–Crippen MR) is 47.2 cm³/mol. The zero-order chi connectivity index (χ0) is 10.0. The fourth-order valence-corrected chi connectivity index (χ4v) is 1.39. The van der Waals surface area contributed by atoms with E-state index in [4.69, 9.17) is 10.8 Å². The molecule has 0 saturated heterocycles. The monoisotopic (exact) mass is 252 g/mol. The van der Waals surface area contributed by atoms with Crippen LogP contribution in [0.15, 0.2) is 10.5 Å². The summed E-state index contributed by atoms with van der Waals surface area (Å²) in [6, 6.07) is 1.34. The summed E-state index contributed by atoms with van der Waals surface area (Å²) in [6.07, 6.45) is -2.71. The number of pyridine rings is 1. The largest absolute Gasteiger partial charge is 0.392 e. The molecule has 0 atom stereocenters. The van der Waals surface area contributed by atoms with Crippen molar-refractivity contribution in [1.29, 1.82) is 0 Å². The Bertz CT molecular complexity index is 320. The molecule has 3 nitrogen and oxygen atoms in total. The van der Waals surface area contributed by atoms with Gasteiger partial charge in [0.05, 0.1) is 11.1 Å². The zero-order valence-corrected chi connectivity index (χ0v) is 8.05. The van der Waals surface area contributed by atoms with Gasteiger partial charge in [-0.3, -0.25) is 0 Å². The second-order valence-electron chi connectivity index (χ2n) is 2.36. The molecule has 0 saturated carbocycles. The van der Waals surface area contributed by atoms with Crippen LogP contribution in [0.25, 0.3) is 0 Å². The van der Waals surface area contributed by atoms with Gasteiger partial charge in [-0.05, 0) is 27.6 Å². The van der Waals surface area contributed by atoms with Gasteiger partial charge in [0.15, 0.2) is 0 Å². The number of aliphatic hydroxyl groups excluding tert-OH is 1. The molecule has 0 spiro atoms. The number of aliphatic hydroxyl groups is 1. The second kappa shape index (κ2) is 3.97. The molecule has 0 aliphatic carbocycles. The first-order valence-electron chi connectivity index (χ1n) is 3.40. The minimum atomic E-state index is -2.71. The smallest absolute Gasteiger partial charge is 0.281 e. The quantitative estimate of drug-likeness (QED) is 0.845. The molecular weight excluding hydrogens is 246 g/mol. The summed E-state index contributed by atoms with van der Waals surface area (Å²) >= 11 is 2.92. The molecule has 3 N–H and O–H groups in total. The van der Waals surface area contributed by atoms with Gasteiger partial charge in [-0.25, -0.2) is 13.8 Å². The first-order chi connectivity index (χ1) is 6.06. The molecule has 0 bridgehead atoms. The fourth-order valence-electron chi connectivity index (χ4n) is 0.886. The van der Waals surface area contributed by atoms with Gasteiger partial charge >= 0.3 is 0 Å². The van der Waals surface area contributed by atoms with Crippen LogP contribution in [0, 0.1) is 0 Å². The zero-order valence-electron chi connectivity index (χ0n) is 6.47. The highest BCUT2D eigenvalue weighted by atomic mass is 79.9. The lowest BCUT2D eigenvalue weighted by atomic mass is 10.2. The van der Waals surface area contributed by atoms with Gasteiger partial charge in [-0.1, -0.05) is 0 Å². The summed E-state index contributed by atoms with van der Waals surface area (Å²) in [4.78, 5) is 3.45. The van der Waals surface area contributed by atoms with Gasteiger partial charge in [-0.15, -0.1) is 0 Å². The summed E-state index contributed by atoms with van der Waals surface area (Å²) < 4.78 is 24.7. The molecule has 0 fully saturated rings. The Morgan fingerprint density at radius 1 is 1.62 bits per heavy atom. The Balaban J connectivity index is 3.27. The highest BCUT2D eigenvalue weighted by Crippen LogP contribution is 2.29. The van der Waals surface area contributed by atoms with Crippen LogP contribution in [0.5, 0.6) is 0 Å². The Morgan fingerprint density at radius 2 is 2.23 bits per heavy atom. The number of alkyl halides is 2. The molecule has 13 heavy (non-hydrogen) atoms. The standard InChI is InChI=1S/C7H7BrF2N2O/c8-5-3(2-13)1-4(11)12-6(5)7(9)10/h1,7,13H,2H2,(H2,11,12). The van der Waals surface area contributed by atoms with E-state index in [1.165, 1.54) is 6.07 Å². The van der Waals surface area contributed by atoms with E-state index < -0.39 is 12.1 Å². The number of nitrogens with zero attached hydrogens (tertiary/aromatic N) is 1. The predicted octanol–water partition coefficient (Wildman–Crippen LogP) is 1.86. The summed E-state index contributed by atoms with van der Waals surface area (Å²) in [5, 5.41) is 8.79. The van der Waals surface area contributed by atoms with Gasteiger partial charge in [0.2, 0.25) is 0 Å². The number of anilines is 1. The van der Waals surface area contributed by atoms with Crippen molar-refractivity contribution < 1.29 is 13.9 Å². The van der Waals surface area contributed by atoms with Crippen molar-refractivity contribution in [2.45, 2.75) is 13.0 Å². The van der Waals surface area contributed by atoms with Gasteiger partial charge in [0.25, 0.3) is 6.43 Å². The van der Waals surface area contributed by atoms with Crippen molar-refractivity contribution in [1.82, 2.24) is 4.98 Å². The molecule has 0 aromatic carbocycles. The van der Waals surface area contributed by atoms with E-state index in [1.54, 1.807) is 0 Å². The molecule has 1 aromatic rings. The van der Waals surface area contributed by atoms with Crippen molar-refractivity contribution in [3.8, 4) is 0 Å². The lowest BCUT2D eigenvalue weighted by Crippen LogP contribution is -2.01. The summed E-state index contributed by atoms with van der Waals surface area (Å²) in [6.45, 7) is -0.354. The maximum Gasteiger partial charge on any atom is 0.281 e. The number of hydrogen-bond donors (Lipinski definition) is 2. The Hall–Kier alpha value is -0.750. The van der Waals surface area contributed by atoms with Crippen molar-refractivity contribution in [3.05, 3.63) is 21.8 Å². The van der Waals surface area contributed by atoms with Crippen molar-refractivity contribution >= 4 is 21.7 Å². The van der Waals surface area contributed by atoms with Crippen molar-refractivity contribution in [3.63, 3.8) is 0 Å². The van der Waals surface area contributed by atoms with Crippen LogP contribution in [-0.2, 0) is 6.61 Å². The molecule has 1 aromatic heterocycles. The van der Waals surface area contributed by atoms with Crippen LogP contribution < -0.4 is 5.73 Å². The average Bonchev–Trinajstić information content (AvgIpc) is 2.08. The van der Waals surface area contributed by atoms with Gasteiger partial charge in [-0.2, -0.15) is 0 Å². The van der Waals surface area contributed by atoms with Gasteiger partial charge in [0.1, 0.15) is 11.5 Å². The molecule has 1 rings (SSSR count). The maximum absolute atomic E-state index is 12.3. The van der Waals surface area contributed by atoms with Crippen LogP contribution in [-0.4, -0.2) is 10.1 Å². The first-order valence-corrected chi connectivity index (χ1v) is 4.19. The van der Waals surface area contributed by atoms with E-state index in [9.17, 15) is 8.78 Å². The lowest BCUT2D eigenvalue weighted by Gasteiger charge is -2.07. The summed E-state index contributed by atoms with van der Waals surface area (Å²) in [5.74, 6) is -0.0254. The SMILES string of the molecule is Nc1cc(CO)c(Br)c(C(F)F)n1. The van der Waals surface area contributed by atoms with Crippen LogP contribution >= 0.6 is 15.9 Å². The molecule has 0 radical (unpaired) electrons. The van der Waals surface area contributed by atoms with E-state index in [0.29, 0.717) is 5.56 Å². The molecule has 0 amide bonds. The van der Waals surface area contributed by atoms with Crippen LogP contribution in [0.4, 0.5) is 14.6 Å². The van der Waals surface area contributed by atoms with Crippen LogP contribution in [0.3, 0.4) is 0 Å². The van der Waals surface area contributed by atoms with E-state index >= 15 is 0 Å². The third kappa shape index (κ3) is 2.13. The van der Waals surface area contributed by atoms with Crippen LogP contribution in [0.2, 0.25) is 0 Å². The minimum absolute atomic E-state index is 0.0254.